The zero-order valence-electron chi connectivity index (χ0n) is 23.6. The summed E-state index contributed by atoms with van der Waals surface area (Å²) in [5.74, 6) is 1.97. The number of para-hydroxylation sites is 1. The number of thiophene rings is 1. The molecule has 9 rings (SSSR count). The number of rotatable bonds is 4. The van der Waals surface area contributed by atoms with Crippen molar-refractivity contribution in [3.63, 3.8) is 0 Å². The van der Waals surface area contributed by atoms with E-state index in [1.165, 1.54) is 42.0 Å². The van der Waals surface area contributed by atoms with Crippen LogP contribution in [0.5, 0.6) is 0 Å². The van der Waals surface area contributed by atoms with Gasteiger partial charge >= 0.3 is 0 Å². The molecule has 0 aliphatic heterocycles. The van der Waals surface area contributed by atoms with Crippen molar-refractivity contribution in [2.24, 2.45) is 0 Å². The molecule has 0 radical (unpaired) electrons. The lowest BCUT2D eigenvalue weighted by molar-refractivity contribution is 1.07. The van der Waals surface area contributed by atoms with Crippen molar-refractivity contribution in [3.05, 3.63) is 146 Å². The summed E-state index contributed by atoms with van der Waals surface area (Å²) in [6.07, 6.45) is 0. The molecular formula is C39H24N4S. The van der Waals surface area contributed by atoms with Crippen molar-refractivity contribution in [2.75, 3.05) is 0 Å². The highest BCUT2D eigenvalue weighted by Gasteiger charge is 2.19. The van der Waals surface area contributed by atoms with E-state index in [4.69, 9.17) is 15.0 Å². The van der Waals surface area contributed by atoms with Gasteiger partial charge in [-0.25, -0.2) is 15.0 Å². The standard InChI is InChI=1S/C39H24N4S/c1-3-12-26(13-4-1)37-40-38(27-14-5-2-6-15-27)42-39(41-37)28-19-22-29(23-20-28)43-33-18-10-9-17-31(33)36-34(43)32-24-21-25-11-7-8-16-30(25)35(32)44-36/h1-24H. The third-order valence-electron chi connectivity index (χ3n) is 8.25. The average molecular weight is 581 g/mol. The van der Waals surface area contributed by atoms with Crippen LogP contribution in [-0.2, 0) is 0 Å². The van der Waals surface area contributed by atoms with Gasteiger partial charge in [0.15, 0.2) is 17.5 Å². The molecule has 0 fully saturated rings. The SMILES string of the molecule is c1ccc(-c2nc(-c3ccccc3)nc(-c3ccc(-n4c5ccccc5c5sc6c7ccccc7ccc6c54)cc3)n2)cc1. The van der Waals surface area contributed by atoms with E-state index in [0.29, 0.717) is 17.5 Å². The third-order valence-corrected chi connectivity index (χ3v) is 9.51. The van der Waals surface area contributed by atoms with Gasteiger partial charge < -0.3 is 4.57 Å². The van der Waals surface area contributed by atoms with Gasteiger partial charge in [0.1, 0.15) is 0 Å². The molecule has 0 unspecified atom stereocenters. The highest BCUT2D eigenvalue weighted by molar-refractivity contribution is 7.27. The number of hydrogen-bond donors (Lipinski definition) is 0. The lowest BCUT2D eigenvalue weighted by atomic mass is 10.1. The maximum atomic E-state index is 4.93. The van der Waals surface area contributed by atoms with Crippen LogP contribution in [0.1, 0.15) is 0 Å². The van der Waals surface area contributed by atoms with E-state index in [2.05, 4.69) is 89.5 Å². The Morgan fingerprint density at radius 2 is 0.955 bits per heavy atom. The normalized spacial score (nSPS) is 11.6. The topological polar surface area (TPSA) is 43.6 Å². The Balaban J connectivity index is 1.22. The minimum atomic E-state index is 0.652. The van der Waals surface area contributed by atoms with Crippen LogP contribution in [0.3, 0.4) is 0 Å². The van der Waals surface area contributed by atoms with Crippen LogP contribution in [0.15, 0.2) is 146 Å². The molecule has 0 aliphatic rings. The molecule has 0 atom stereocenters. The molecule has 0 N–H and O–H groups in total. The van der Waals surface area contributed by atoms with Crippen LogP contribution in [0.4, 0.5) is 0 Å². The molecule has 0 saturated heterocycles. The van der Waals surface area contributed by atoms with Gasteiger partial charge in [0.25, 0.3) is 0 Å². The van der Waals surface area contributed by atoms with Gasteiger partial charge in [-0.1, -0.05) is 115 Å². The van der Waals surface area contributed by atoms with Crippen LogP contribution >= 0.6 is 11.3 Å². The van der Waals surface area contributed by atoms with Crippen LogP contribution < -0.4 is 0 Å². The Labute approximate surface area is 257 Å². The molecular weight excluding hydrogens is 557 g/mol. The minimum Gasteiger partial charge on any atom is -0.308 e. The first kappa shape index (κ1) is 24.9. The van der Waals surface area contributed by atoms with Gasteiger partial charge in [-0.3, -0.25) is 0 Å². The van der Waals surface area contributed by atoms with E-state index in [1.807, 2.05) is 72.0 Å². The van der Waals surface area contributed by atoms with E-state index in [-0.39, 0.29) is 0 Å². The smallest absolute Gasteiger partial charge is 0.164 e. The average Bonchev–Trinajstić information content (AvgIpc) is 3.64. The Morgan fingerprint density at radius 1 is 0.409 bits per heavy atom. The maximum Gasteiger partial charge on any atom is 0.164 e. The minimum absolute atomic E-state index is 0.652. The molecule has 5 heteroatoms. The maximum absolute atomic E-state index is 4.93. The summed E-state index contributed by atoms with van der Waals surface area (Å²) >= 11 is 1.89. The summed E-state index contributed by atoms with van der Waals surface area (Å²) in [6, 6.07) is 50.7. The highest BCUT2D eigenvalue weighted by Crippen LogP contribution is 2.44. The third kappa shape index (κ3) is 3.94. The fraction of sp³-hybridized carbons (Fsp3) is 0. The van der Waals surface area contributed by atoms with E-state index < -0.39 is 0 Å². The first-order chi connectivity index (χ1) is 21.8. The first-order valence-corrected chi connectivity index (χ1v) is 15.4. The Kier molecular flexibility index (Phi) is 5.64. The monoisotopic (exact) mass is 580 g/mol. The summed E-state index contributed by atoms with van der Waals surface area (Å²) in [7, 11) is 0. The summed E-state index contributed by atoms with van der Waals surface area (Å²) < 4.78 is 5.05. The second-order valence-corrected chi connectivity index (χ2v) is 11.9. The molecule has 206 valence electrons. The molecule has 3 aromatic heterocycles. The van der Waals surface area contributed by atoms with Gasteiger partial charge in [0.05, 0.1) is 15.7 Å². The fourth-order valence-corrected chi connectivity index (χ4v) is 7.52. The molecule has 0 bridgehead atoms. The molecule has 0 saturated carbocycles. The molecule has 3 heterocycles. The van der Waals surface area contributed by atoms with Crippen LogP contribution in [0, 0.1) is 0 Å². The second kappa shape index (κ2) is 9.97. The van der Waals surface area contributed by atoms with Gasteiger partial charge in [0, 0.05) is 37.9 Å². The zero-order valence-corrected chi connectivity index (χ0v) is 24.4. The Bertz CT molecular complexity index is 2420. The lowest BCUT2D eigenvalue weighted by Gasteiger charge is -2.11. The lowest BCUT2D eigenvalue weighted by Crippen LogP contribution is -2.00. The molecule has 0 amide bonds. The second-order valence-electron chi connectivity index (χ2n) is 10.9. The Hall–Kier alpha value is -5.65. The van der Waals surface area contributed by atoms with Crippen molar-refractivity contribution in [3.8, 4) is 39.9 Å². The quantitative estimate of drug-likeness (QED) is 0.208. The van der Waals surface area contributed by atoms with Crippen molar-refractivity contribution in [1.29, 1.82) is 0 Å². The van der Waals surface area contributed by atoms with Crippen LogP contribution in [-0.4, -0.2) is 19.5 Å². The number of nitrogens with zero attached hydrogens (tertiary/aromatic N) is 4. The summed E-state index contributed by atoms with van der Waals surface area (Å²) in [4.78, 5) is 14.7. The van der Waals surface area contributed by atoms with Gasteiger partial charge in [-0.2, -0.15) is 0 Å². The summed E-state index contributed by atoms with van der Waals surface area (Å²) in [5, 5.41) is 5.12. The Morgan fingerprint density at radius 3 is 1.61 bits per heavy atom. The van der Waals surface area contributed by atoms with E-state index in [0.717, 1.165) is 22.4 Å². The molecule has 0 spiro atoms. The summed E-state index contributed by atoms with van der Waals surface area (Å²) in [6.45, 7) is 0. The van der Waals surface area contributed by atoms with Crippen LogP contribution in [0.2, 0.25) is 0 Å². The van der Waals surface area contributed by atoms with E-state index >= 15 is 0 Å². The fourth-order valence-electron chi connectivity index (χ4n) is 6.16. The highest BCUT2D eigenvalue weighted by atomic mass is 32.1. The summed E-state index contributed by atoms with van der Waals surface area (Å²) in [5.41, 5.74) is 6.43. The zero-order chi connectivity index (χ0) is 29.0. The largest absolute Gasteiger partial charge is 0.308 e. The predicted molar refractivity (Wildman–Crippen MR) is 183 cm³/mol. The number of aromatic nitrogens is 4. The number of hydrogen-bond acceptors (Lipinski definition) is 4. The van der Waals surface area contributed by atoms with Gasteiger partial charge in [0.2, 0.25) is 0 Å². The van der Waals surface area contributed by atoms with Crippen molar-refractivity contribution < 1.29 is 0 Å². The van der Waals surface area contributed by atoms with Crippen molar-refractivity contribution in [2.45, 2.75) is 0 Å². The number of benzene rings is 6. The molecule has 6 aromatic carbocycles. The molecule has 0 aliphatic carbocycles. The molecule has 4 nitrogen and oxygen atoms in total. The van der Waals surface area contributed by atoms with E-state index in [9.17, 15) is 0 Å². The van der Waals surface area contributed by atoms with Crippen molar-refractivity contribution in [1.82, 2.24) is 19.5 Å². The van der Waals surface area contributed by atoms with Crippen molar-refractivity contribution >= 4 is 53.3 Å². The van der Waals surface area contributed by atoms with Gasteiger partial charge in [-0.15, -0.1) is 11.3 Å². The first-order valence-electron chi connectivity index (χ1n) is 14.6. The number of fused-ring (bicyclic) bond motifs is 7. The molecule has 44 heavy (non-hydrogen) atoms. The predicted octanol–water partition coefficient (Wildman–Crippen LogP) is 10.3. The molecule has 9 aromatic rings. The van der Waals surface area contributed by atoms with E-state index in [1.54, 1.807) is 0 Å². The van der Waals surface area contributed by atoms with Gasteiger partial charge in [-0.05, 0) is 41.1 Å². The van der Waals surface area contributed by atoms with Crippen LogP contribution in [0.25, 0.3) is 81.8 Å².